The number of benzene rings is 2. The Morgan fingerprint density at radius 1 is 0.979 bits per heavy atom. The van der Waals surface area contributed by atoms with E-state index in [2.05, 4.69) is 49.9 Å². The summed E-state index contributed by atoms with van der Waals surface area (Å²) in [5.74, 6) is 1.00. The summed E-state index contributed by atoms with van der Waals surface area (Å²) in [4.78, 5) is 39.2. The number of aryl methyl sites for hydroxylation is 3. The number of anilines is 2. The summed E-state index contributed by atoms with van der Waals surface area (Å²) in [6, 6.07) is 19.6. The fourth-order valence-corrected chi connectivity index (χ4v) is 7.53. The van der Waals surface area contributed by atoms with Gasteiger partial charge in [-0.2, -0.15) is 5.10 Å². The van der Waals surface area contributed by atoms with E-state index in [4.69, 9.17) is 9.72 Å². The number of nitrogens with zero attached hydrogens (tertiary/aromatic N) is 6. The number of carbonyl (C=O) groups is 2. The molecule has 0 unspecified atom stereocenters. The highest BCUT2D eigenvalue weighted by Crippen LogP contribution is 2.38. The van der Waals surface area contributed by atoms with Gasteiger partial charge in [0, 0.05) is 55.7 Å². The molecule has 2 N–H and O–H groups in total. The van der Waals surface area contributed by atoms with E-state index in [0.29, 0.717) is 17.4 Å². The number of hydrogen-bond acceptors (Lipinski definition) is 7. The molecular formula is C37H38N8O3. The fraction of sp³-hybridized carbons (Fsp3) is 0.324. The maximum atomic E-state index is 14.2. The molecule has 4 atom stereocenters. The van der Waals surface area contributed by atoms with Crippen LogP contribution in [-0.2, 0) is 23.0 Å². The second kappa shape index (κ2) is 12.4. The predicted octanol–water partition coefficient (Wildman–Crippen LogP) is 4.81. The Morgan fingerprint density at radius 3 is 2.56 bits per heavy atom. The van der Waals surface area contributed by atoms with Crippen LogP contribution in [0.25, 0.3) is 16.8 Å². The minimum Gasteiger partial charge on any atom is -0.374 e. The van der Waals surface area contributed by atoms with E-state index in [-0.39, 0.29) is 23.8 Å². The van der Waals surface area contributed by atoms with E-state index in [1.54, 1.807) is 25.5 Å². The van der Waals surface area contributed by atoms with Crippen LogP contribution in [-0.4, -0.2) is 67.5 Å². The highest BCUT2D eigenvalue weighted by Gasteiger charge is 2.40. The molecule has 0 radical (unpaired) electrons. The van der Waals surface area contributed by atoms with E-state index < -0.39 is 6.04 Å². The third-order valence-corrected chi connectivity index (χ3v) is 10.0. The monoisotopic (exact) mass is 642 g/mol. The zero-order valence-electron chi connectivity index (χ0n) is 27.0. The molecule has 2 amide bonds. The van der Waals surface area contributed by atoms with Gasteiger partial charge in [0.05, 0.1) is 18.8 Å². The molecule has 11 heteroatoms. The first-order valence-electron chi connectivity index (χ1n) is 16.6. The Labute approximate surface area is 279 Å². The van der Waals surface area contributed by atoms with E-state index in [1.807, 2.05) is 54.2 Å². The first kappa shape index (κ1) is 30.1. The third kappa shape index (κ3) is 5.64. The van der Waals surface area contributed by atoms with Gasteiger partial charge in [-0.1, -0.05) is 18.2 Å². The predicted molar refractivity (Wildman–Crippen MR) is 182 cm³/mol. The molecule has 5 aromatic rings. The Morgan fingerprint density at radius 2 is 1.83 bits per heavy atom. The molecule has 2 saturated heterocycles. The molecule has 2 bridgehead atoms. The summed E-state index contributed by atoms with van der Waals surface area (Å²) < 4.78 is 9.32. The van der Waals surface area contributed by atoms with E-state index in [1.165, 1.54) is 10.2 Å². The molecule has 5 heterocycles. The Hall–Kier alpha value is -5.29. The van der Waals surface area contributed by atoms with Crippen molar-refractivity contribution in [3.8, 4) is 16.8 Å². The van der Waals surface area contributed by atoms with Gasteiger partial charge in [-0.3, -0.25) is 14.3 Å². The Balaban J connectivity index is 1.10. The number of ether oxygens (including phenoxy) is 1. The van der Waals surface area contributed by atoms with Gasteiger partial charge in [-0.15, -0.1) is 0 Å². The number of fused-ring (bicyclic) bond motifs is 3. The van der Waals surface area contributed by atoms with Crippen LogP contribution < -0.4 is 15.5 Å². The average Bonchev–Trinajstić information content (AvgIpc) is 3.94. The quantitative estimate of drug-likeness (QED) is 0.249. The van der Waals surface area contributed by atoms with Crippen molar-refractivity contribution in [2.24, 2.45) is 7.05 Å². The standard InChI is InChI=1S/C37H38N8O3/c1-23-38-16-17-44(23)28-10-8-27(9-11-28)41-37(47)35(42-36(46)33-13-15-40-43(33)2)31-5-3-4-24-6-7-25(18-32(24)31)26-12-14-39-34(19-26)45-21-30-20-29(45)22-48-30/h6-19,29-31,35H,3-5,20-22H2,1-2H3,(H,41,47)(H,42,46)/t29-,30-,31+,35-/m0/s1. The lowest BCUT2D eigenvalue weighted by Gasteiger charge is -2.33. The molecule has 2 aromatic carbocycles. The van der Waals surface area contributed by atoms with E-state index in [0.717, 1.165) is 72.9 Å². The molecule has 2 aliphatic heterocycles. The number of hydrogen-bond donors (Lipinski definition) is 2. The summed E-state index contributed by atoms with van der Waals surface area (Å²) in [5, 5.41) is 10.4. The van der Waals surface area contributed by atoms with Gasteiger partial charge in [0.1, 0.15) is 23.4 Å². The largest absolute Gasteiger partial charge is 0.374 e. The van der Waals surface area contributed by atoms with E-state index in [9.17, 15) is 9.59 Å². The van der Waals surface area contributed by atoms with Crippen molar-refractivity contribution in [3.05, 3.63) is 108 Å². The molecular weight excluding hydrogens is 604 g/mol. The minimum atomic E-state index is -0.814. The van der Waals surface area contributed by atoms with Crippen molar-refractivity contribution in [1.82, 2.24) is 29.6 Å². The molecule has 11 nitrogen and oxygen atoms in total. The molecule has 48 heavy (non-hydrogen) atoms. The summed E-state index contributed by atoms with van der Waals surface area (Å²) in [6.07, 6.45) is 11.1. The van der Waals surface area contributed by atoms with E-state index >= 15 is 0 Å². The zero-order valence-corrected chi connectivity index (χ0v) is 27.0. The van der Waals surface area contributed by atoms with Gasteiger partial charge in [0.15, 0.2) is 0 Å². The van der Waals surface area contributed by atoms with Gasteiger partial charge in [-0.25, -0.2) is 9.97 Å². The number of imidazole rings is 1. The van der Waals surface area contributed by atoms with Gasteiger partial charge in [0.2, 0.25) is 5.91 Å². The smallest absolute Gasteiger partial charge is 0.270 e. The lowest BCUT2D eigenvalue weighted by atomic mass is 9.77. The number of morpholine rings is 1. The Kier molecular flexibility index (Phi) is 7.76. The number of nitrogens with one attached hydrogen (secondary N) is 2. The third-order valence-electron chi connectivity index (χ3n) is 10.0. The van der Waals surface area contributed by atoms with Crippen molar-refractivity contribution < 1.29 is 14.3 Å². The number of pyridine rings is 1. The minimum absolute atomic E-state index is 0.230. The van der Waals surface area contributed by atoms with Crippen LogP contribution in [0, 0.1) is 6.92 Å². The van der Waals surface area contributed by atoms with Crippen molar-refractivity contribution in [2.45, 2.75) is 56.7 Å². The van der Waals surface area contributed by atoms with Gasteiger partial charge >= 0.3 is 0 Å². The highest BCUT2D eigenvalue weighted by molar-refractivity contribution is 6.01. The van der Waals surface area contributed by atoms with Crippen LogP contribution in [0.15, 0.2) is 85.5 Å². The zero-order chi connectivity index (χ0) is 32.8. The number of aromatic nitrogens is 5. The van der Waals surface area contributed by atoms with Crippen molar-refractivity contribution in [2.75, 3.05) is 23.4 Å². The summed E-state index contributed by atoms with van der Waals surface area (Å²) in [6.45, 7) is 3.56. The van der Waals surface area contributed by atoms with Crippen molar-refractivity contribution in [1.29, 1.82) is 0 Å². The van der Waals surface area contributed by atoms with Crippen molar-refractivity contribution in [3.63, 3.8) is 0 Å². The van der Waals surface area contributed by atoms with Crippen LogP contribution >= 0.6 is 0 Å². The van der Waals surface area contributed by atoms with Gasteiger partial charge in [0.25, 0.3) is 5.91 Å². The summed E-state index contributed by atoms with van der Waals surface area (Å²) >= 11 is 0. The highest BCUT2D eigenvalue weighted by atomic mass is 16.5. The van der Waals surface area contributed by atoms with Crippen LogP contribution in [0.5, 0.6) is 0 Å². The molecule has 3 aliphatic rings. The molecule has 2 fully saturated rings. The molecule has 8 rings (SSSR count). The number of amides is 2. The van der Waals surface area contributed by atoms with Gasteiger partial charge in [-0.05, 0) is 97.3 Å². The van der Waals surface area contributed by atoms with Gasteiger partial charge < -0.3 is 24.8 Å². The molecule has 0 spiro atoms. The second-order valence-electron chi connectivity index (χ2n) is 13.0. The lowest BCUT2D eigenvalue weighted by molar-refractivity contribution is -0.118. The SMILES string of the molecule is Cc1nccn1-c1ccc(NC(=O)[C@@H](NC(=O)c2ccnn2C)[C@@H]2CCCc3ccc(-c4ccnc(N5C[C@@H]6C[C@H]5CO6)c4)cc32)cc1. The second-order valence-corrected chi connectivity index (χ2v) is 13.0. The molecule has 1 aliphatic carbocycles. The van der Waals surface area contributed by atoms with Crippen LogP contribution in [0.4, 0.5) is 11.5 Å². The Bertz CT molecular complexity index is 1980. The molecule has 0 saturated carbocycles. The maximum absolute atomic E-state index is 14.2. The van der Waals surface area contributed by atoms with Crippen LogP contribution in [0.1, 0.15) is 52.6 Å². The summed E-state index contributed by atoms with van der Waals surface area (Å²) in [5.41, 5.74) is 6.41. The average molecular weight is 643 g/mol. The fourth-order valence-electron chi connectivity index (χ4n) is 7.53. The van der Waals surface area contributed by atoms with Crippen LogP contribution in [0.2, 0.25) is 0 Å². The molecule has 3 aromatic heterocycles. The topological polar surface area (TPSA) is 119 Å². The number of rotatable bonds is 8. The maximum Gasteiger partial charge on any atom is 0.270 e. The lowest BCUT2D eigenvalue weighted by Crippen LogP contribution is -2.48. The summed E-state index contributed by atoms with van der Waals surface area (Å²) in [7, 11) is 1.72. The normalized spacial score (nSPS) is 20.4. The van der Waals surface area contributed by atoms with Crippen LogP contribution in [0.3, 0.4) is 0 Å². The number of carbonyl (C=O) groups excluding carboxylic acids is 2. The first-order chi connectivity index (χ1) is 23.4. The first-order valence-corrected chi connectivity index (χ1v) is 16.6. The molecule has 244 valence electrons. The van der Waals surface area contributed by atoms with Crippen molar-refractivity contribution >= 4 is 23.3 Å².